The molecule has 2 amide bonds. The van der Waals surface area contributed by atoms with Crippen molar-refractivity contribution in [2.24, 2.45) is 0 Å². The molecule has 2 unspecified atom stereocenters. The van der Waals surface area contributed by atoms with Gasteiger partial charge in [0.2, 0.25) is 11.8 Å². The van der Waals surface area contributed by atoms with Gasteiger partial charge in [-0.1, -0.05) is 18.2 Å². The number of nitrogens with zero attached hydrogens (tertiary/aromatic N) is 2. The van der Waals surface area contributed by atoms with E-state index in [1.165, 1.54) is 12.0 Å². The molecule has 2 saturated heterocycles. The van der Waals surface area contributed by atoms with Crippen molar-refractivity contribution < 1.29 is 14.3 Å². The average molecular weight is 404 g/mol. The maximum atomic E-state index is 12.2. The molecular weight excluding hydrogens is 366 g/mol. The lowest BCUT2D eigenvalue weighted by Crippen LogP contribution is -2.51. The van der Waals surface area contributed by atoms with Gasteiger partial charge in [0.1, 0.15) is 5.76 Å². The molecule has 2 rings (SSSR count). The van der Waals surface area contributed by atoms with E-state index in [1.807, 2.05) is 6.92 Å². The van der Waals surface area contributed by atoms with E-state index in [9.17, 15) is 9.59 Å². The van der Waals surface area contributed by atoms with E-state index in [0.717, 1.165) is 43.8 Å². The molecule has 162 valence electrons. The second kappa shape index (κ2) is 11.2. The number of carbonyl (C=O) groups excluding carboxylic acids is 2. The third kappa shape index (κ3) is 7.03. The van der Waals surface area contributed by atoms with Crippen molar-refractivity contribution in [3.63, 3.8) is 0 Å². The molecule has 6 heteroatoms. The lowest BCUT2D eigenvalue weighted by atomic mass is 9.95. The number of methoxy groups -OCH3 is 1. The normalized spacial score (nSPS) is 22.1. The van der Waals surface area contributed by atoms with Crippen molar-refractivity contribution >= 4 is 11.8 Å². The monoisotopic (exact) mass is 403 g/mol. The molecule has 0 aromatic rings. The van der Waals surface area contributed by atoms with Crippen LogP contribution >= 0.6 is 0 Å². The molecule has 0 radical (unpaired) electrons. The zero-order valence-electron chi connectivity index (χ0n) is 18.5. The first kappa shape index (κ1) is 23.2. The predicted octanol–water partition coefficient (Wildman–Crippen LogP) is 3.02. The maximum absolute atomic E-state index is 12.2. The Morgan fingerprint density at radius 3 is 2.69 bits per heavy atom. The number of rotatable bonds is 11. The van der Waals surface area contributed by atoms with Crippen molar-refractivity contribution in [3.05, 3.63) is 35.6 Å². The molecule has 0 aromatic carbocycles. The smallest absolute Gasteiger partial charge is 0.222 e. The highest BCUT2D eigenvalue weighted by molar-refractivity contribution is 5.80. The summed E-state index contributed by atoms with van der Waals surface area (Å²) in [6.45, 7) is 13.4. The zero-order chi connectivity index (χ0) is 21.4. The van der Waals surface area contributed by atoms with Crippen LogP contribution in [0, 0.1) is 0 Å². The molecule has 6 nitrogen and oxygen atoms in total. The van der Waals surface area contributed by atoms with Crippen LogP contribution in [0.5, 0.6) is 0 Å². The van der Waals surface area contributed by atoms with Crippen LogP contribution in [0.1, 0.15) is 52.9 Å². The third-order valence-corrected chi connectivity index (χ3v) is 5.79. The van der Waals surface area contributed by atoms with E-state index in [2.05, 4.69) is 36.7 Å². The van der Waals surface area contributed by atoms with Crippen molar-refractivity contribution in [3.8, 4) is 0 Å². The minimum Gasteiger partial charge on any atom is -0.497 e. The second-order valence-corrected chi connectivity index (χ2v) is 8.30. The van der Waals surface area contributed by atoms with E-state index in [4.69, 9.17) is 4.74 Å². The van der Waals surface area contributed by atoms with Crippen LogP contribution in [0.15, 0.2) is 35.6 Å². The highest BCUT2D eigenvalue weighted by Crippen LogP contribution is 2.23. The van der Waals surface area contributed by atoms with Crippen molar-refractivity contribution in [2.45, 2.75) is 65.0 Å². The summed E-state index contributed by atoms with van der Waals surface area (Å²) in [4.78, 5) is 28.1. The summed E-state index contributed by atoms with van der Waals surface area (Å²) >= 11 is 0. The number of hydrogen-bond donors (Lipinski definition) is 1. The topological polar surface area (TPSA) is 61.9 Å². The fourth-order valence-electron chi connectivity index (χ4n) is 4.17. The Kier molecular flexibility index (Phi) is 8.96. The van der Waals surface area contributed by atoms with Crippen LogP contribution in [0.4, 0.5) is 0 Å². The summed E-state index contributed by atoms with van der Waals surface area (Å²) in [6, 6.07) is 0.635. The molecule has 0 aromatic heterocycles. The van der Waals surface area contributed by atoms with Gasteiger partial charge in [0.15, 0.2) is 0 Å². The Morgan fingerprint density at radius 1 is 1.38 bits per heavy atom. The van der Waals surface area contributed by atoms with E-state index in [0.29, 0.717) is 25.4 Å². The number of allylic oxidation sites excluding steroid dienone is 3. The van der Waals surface area contributed by atoms with Crippen LogP contribution in [0.2, 0.25) is 0 Å². The summed E-state index contributed by atoms with van der Waals surface area (Å²) in [6.07, 6.45) is 7.93. The predicted molar refractivity (Wildman–Crippen MR) is 116 cm³/mol. The Balaban J connectivity index is 1.74. The van der Waals surface area contributed by atoms with Crippen molar-refractivity contribution in [2.75, 3.05) is 33.3 Å². The van der Waals surface area contributed by atoms with Gasteiger partial charge < -0.3 is 15.0 Å². The number of nitrogens with one attached hydrogen (secondary N) is 1. The SMILES string of the molecule is C=C/C(OC)=C(C)\C=C(/C)CN1CCC1CC(C)NC(=O)CCN1CCCC1=O. The first-order valence-corrected chi connectivity index (χ1v) is 10.7. The molecule has 2 heterocycles. The molecular formula is C23H37N3O3. The molecule has 0 spiro atoms. The molecule has 1 N–H and O–H groups in total. The van der Waals surface area contributed by atoms with Gasteiger partial charge in [-0.15, -0.1) is 0 Å². The van der Waals surface area contributed by atoms with Gasteiger partial charge in [-0.25, -0.2) is 0 Å². The Bertz CT molecular complexity index is 668. The van der Waals surface area contributed by atoms with Gasteiger partial charge in [0.25, 0.3) is 0 Å². The quantitative estimate of drug-likeness (QED) is 0.426. The van der Waals surface area contributed by atoms with Crippen LogP contribution in [0.3, 0.4) is 0 Å². The van der Waals surface area contributed by atoms with Gasteiger partial charge in [-0.2, -0.15) is 0 Å². The third-order valence-electron chi connectivity index (χ3n) is 5.79. The highest BCUT2D eigenvalue weighted by atomic mass is 16.5. The molecule has 29 heavy (non-hydrogen) atoms. The van der Waals surface area contributed by atoms with E-state index in [1.54, 1.807) is 18.1 Å². The number of likely N-dealkylation sites (tertiary alicyclic amines) is 2. The zero-order valence-corrected chi connectivity index (χ0v) is 18.5. The van der Waals surface area contributed by atoms with Crippen LogP contribution in [0.25, 0.3) is 0 Å². The first-order valence-electron chi connectivity index (χ1n) is 10.7. The Hall–Kier alpha value is -2.08. The van der Waals surface area contributed by atoms with Gasteiger partial charge in [-0.05, 0) is 51.7 Å². The summed E-state index contributed by atoms with van der Waals surface area (Å²) in [5.74, 6) is 1.02. The number of ether oxygens (including phenoxy) is 1. The molecule has 2 aliphatic heterocycles. The lowest BCUT2D eigenvalue weighted by molar-refractivity contribution is -0.128. The Morgan fingerprint density at radius 2 is 2.14 bits per heavy atom. The average Bonchev–Trinajstić information content (AvgIpc) is 3.07. The number of carbonyl (C=O) groups is 2. The fraction of sp³-hybridized carbons (Fsp3) is 0.652. The summed E-state index contributed by atoms with van der Waals surface area (Å²) in [5, 5.41) is 3.10. The number of amides is 2. The molecule has 0 aliphatic carbocycles. The van der Waals surface area contributed by atoms with Crippen molar-refractivity contribution in [1.82, 2.24) is 15.1 Å². The molecule has 2 fully saturated rings. The molecule has 2 aliphatic rings. The first-order chi connectivity index (χ1) is 13.8. The lowest BCUT2D eigenvalue weighted by Gasteiger charge is -2.42. The van der Waals surface area contributed by atoms with Crippen LogP contribution < -0.4 is 5.32 Å². The maximum Gasteiger partial charge on any atom is 0.222 e. The fourth-order valence-corrected chi connectivity index (χ4v) is 4.17. The minimum absolute atomic E-state index is 0.0384. The highest BCUT2D eigenvalue weighted by Gasteiger charge is 2.29. The van der Waals surface area contributed by atoms with Gasteiger partial charge in [0, 0.05) is 51.1 Å². The summed E-state index contributed by atoms with van der Waals surface area (Å²) < 4.78 is 5.32. The van der Waals surface area contributed by atoms with E-state index < -0.39 is 0 Å². The summed E-state index contributed by atoms with van der Waals surface area (Å²) in [5.41, 5.74) is 2.37. The molecule has 0 bridgehead atoms. The largest absolute Gasteiger partial charge is 0.497 e. The van der Waals surface area contributed by atoms with Gasteiger partial charge >= 0.3 is 0 Å². The summed E-state index contributed by atoms with van der Waals surface area (Å²) in [7, 11) is 1.66. The van der Waals surface area contributed by atoms with Crippen LogP contribution in [-0.2, 0) is 14.3 Å². The van der Waals surface area contributed by atoms with E-state index in [-0.39, 0.29) is 17.9 Å². The second-order valence-electron chi connectivity index (χ2n) is 8.30. The van der Waals surface area contributed by atoms with Crippen LogP contribution in [-0.4, -0.2) is 67.0 Å². The van der Waals surface area contributed by atoms with E-state index >= 15 is 0 Å². The number of hydrogen-bond acceptors (Lipinski definition) is 4. The minimum atomic E-state index is 0.0384. The molecule has 2 atom stereocenters. The van der Waals surface area contributed by atoms with Gasteiger partial charge in [-0.3, -0.25) is 14.5 Å². The van der Waals surface area contributed by atoms with Crippen molar-refractivity contribution in [1.29, 1.82) is 0 Å². The molecule has 0 saturated carbocycles. The standard InChI is InChI=1S/C23H37N3O3/c1-6-21(29-5)18(3)14-17(2)16-26-12-9-20(26)15-19(4)24-22(27)10-13-25-11-7-8-23(25)28/h6,14,19-20H,1,7-13,15-16H2,2-5H3,(H,24,27)/b17-14+,21-18+. The van der Waals surface area contributed by atoms with Gasteiger partial charge in [0.05, 0.1) is 7.11 Å². The Labute approximate surface area is 175 Å².